The monoisotopic (exact) mass is 279 g/mol. The van der Waals surface area contributed by atoms with Gasteiger partial charge < -0.3 is 14.4 Å². The van der Waals surface area contributed by atoms with Crippen molar-refractivity contribution < 1.29 is 9.47 Å². The number of fused-ring (bicyclic) bond motifs is 1. The van der Waals surface area contributed by atoms with Gasteiger partial charge in [-0.15, -0.1) is 0 Å². The van der Waals surface area contributed by atoms with Crippen LogP contribution in [0.15, 0.2) is 18.2 Å². The standard InChI is InChI=1S/C15H23NO2.C2H6/c1-3-9-16(2)10-5-4-6-13-7-8-14-15(11-13)18-12-17-14;1-2/h7-8,11H,3-6,9-10,12H2,1-2H3;1-2H3. The summed E-state index contributed by atoms with van der Waals surface area (Å²) in [5.74, 6) is 1.78. The normalized spacial score (nSPS) is 12.2. The molecule has 0 aliphatic carbocycles. The van der Waals surface area contributed by atoms with E-state index >= 15 is 0 Å². The van der Waals surface area contributed by atoms with Crippen LogP contribution < -0.4 is 9.47 Å². The zero-order valence-corrected chi connectivity index (χ0v) is 13.4. The van der Waals surface area contributed by atoms with Crippen molar-refractivity contribution in [3.8, 4) is 11.5 Å². The number of benzene rings is 1. The second-order valence-corrected chi connectivity index (χ2v) is 4.95. The molecule has 0 bridgehead atoms. The molecule has 0 fully saturated rings. The molecule has 3 heteroatoms. The van der Waals surface area contributed by atoms with Gasteiger partial charge in [-0.1, -0.05) is 26.8 Å². The molecule has 1 aliphatic heterocycles. The van der Waals surface area contributed by atoms with E-state index in [0.717, 1.165) is 17.9 Å². The van der Waals surface area contributed by atoms with Crippen molar-refractivity contribution in [2.75, 3.05) is 26.9 Å². The van der Waals surface area contributed by atoms with Crippen LogP contribution in [0.4, 0.5) is 0 Å². The van der Waals surface area contributed by atoms with E-state index in [9.17, 15) is 0 Å². The van der Waals surface area contributed by atoms with E-state index in [1.165, 1.54) is 37.9 Å². The third kappa shape index (κ3) is 5.41. The number of hydrogen-bond acceptors (Lipinski definition) is 3. The van der Waals surface area contributed by atoms with Crippen LogP contribution in [0.25, 0.3) is 0 Å². The number of nitrogens with zero attached hydrogens (tertiary/aromatic N) is 1. The van der Waals surface area contributed by atoms with Gasteiger partial charge in [0.05, 0.1) is 0 Å². The molecule has 0 radical (unpaired) electrons. The first-order valence-electron chi connectivity index (χ1n) is 7.86. The Morgan fingerprint density at radius 3 is 2.55 bits per heavy atom. The number of unbranched alkanes of at least 4 members (excludes halogenated alkanes) is 1. The molecule has 0 unspecified atom stereocenters. The molecule has 1 aromatic rings. The summed E-state index contributed by atoms with van der Waals surface area (Å²) in [4.78, 5) is 2.40. The lowest BCUT2D eigenvalue weighted by Gasteiger charge is -2.14. The zero-order valence-electron chi connectivity index (χ0n) is 13.4. The summed E-state index contributed by atoms with van der Waals surface area (Å²) < 4.78 is 10.7. The van der Waals surface area contributed by atoms with Crippen molar-refractivity contribution in [1.29, 1.82) is 0 Å². The zero-order chi connectivity index (χ0) is 14.8. The summed E-state index contributed by atoms with van der Waals surface area (Å²) in [5.41, 5.74) is 1.34. The summed E-state index contributed by atoms with van der Waals surface area (Å²) in [6, 6.07) is 6.27. The fourth-order valence-corrected chi connectivity index (χ4v) is 2.30. The van der Waals surface area contributed by atoms with Gasteiger partial charge in [0.25, 0.3) is 0 Å². The molecular formula is C17H29NO2. The van der Waals surface area contributed by atoms with E-state index in [2.05, 4.69) is 31.0 Å². The smallest absolute Gasteiger partial charge is 0.231 e. The van der Waals surface area contributed by atoms with Gasteiger partial charge in [0, 0.05) is 0 Å². The molecule has 0 spiro atoms. The molecule has 2 rings (SSSR count). The van der Waals surface area contributed by atoms with E-state index in [1.807, 2.05) is 19.9 Å². The average molecular weight is 279 g/mol. The molecule has 0 atom stereocenters. The highest BCUT2D eigenvalue weighted by molar-refractivity contribution is 5.44. The molecule has 20 heavy (non-hydrogen) atoms. The lowest BCUT2D eigenvalue weighted by atomic mass is 10.1. The first-order chi connectivity index (χ1) is 9.79. The van der Waals surface area contributed by atoms with Crippen molar-refractivity contribution >= 4 is 0 Å². The second kappa shape index (κ2) is 9.65. The number of aryl methyl sites for hydroxylation is 1. The van der Waals surface area contributed by atoms with Crippen molar-refractivity contribution in [3.63, 3.8) is 0 Å². The molecule has 3 nitrogen and oxygen atoms in total. The summed E-state index contributed by atoms with van der Waals surface area (Å²) in [7, 11) is 2.20. The van der Waals surface area contributed by atoms with E-state index in [1.54, 1.807) is 0 Å². The third-order valence-electron chi connectivity index (χ3n) is 3.30. The summed E-state index contributed by atoms with van der Waals surface area (Å²) >= 11 is 0. The molecule has 0 amide bonds. The Morgan fingerprint density at radius 1 is 1.05 bits per heavy atom. The van der Waals surface area contributed by atoms with Crippen LogP contribution in [0.5, 0.6) is 11.5 Å². The molecule has 1 aliphatic rings. The van der Waals surface area contributed by atoms with Crippen LogP contribution >= 0.6 is 0 Å². The maximum Gasteiger partial charge on any atom is 0.231 e. The van der Waals surface area contributed by atoms with E-state index in [4.69, 9.17) is 9.47 Å². The second-order valence-electron chi connectivity index (χ2n) is 4.95. The lowest BCUT2D eigenvalue weighted by Crippen LogP contribution is -2.20. The highest BCUT2D eigenvalue weighted by Crippen LogP contribution is 2.32. The molecule has 0 saturated heterocycles. The molecule has 0 N–H and O–H groups in total. The Hall–Kier alpha value is -1.22. The van der Waals surface area contributed by atoms with Crippen molar-refractivity contribution in [1.82, 2.24) is 4.90 Å². The van der Waals surface area contributed by atoms with Gasteiger partial charge in [0.2, 0.25) is 6.79 Å². The largest absolute Gasteiger partial charge is 0.454 e. The molecule has 1 aromatic carbocycles. The van der Waals surface area contributed by atoms with Crippen LogP contribution in [-0.4, -0.2) is 31.8 Å². The highest BCUT2D eigenvalue weighted by atomic mass is 16.7. The van der Waals surface area contributed by atoms with E-state index in [0.29, 0.717) is 6.79 Å². The summed E-state index contributed by atoms with van der Waals surface area (Å²) in [6.07, 6.45) is 4.84. The Bertz CT molecular complexity index is 379. The van der Waals surface area contributed by atoms with Gasteiger partial charge in [-0.3, -0.25) is 0 Å². The summed E-state index contributed by atoms with van der Waals surface area (Å²) in [5, 5.41) is 0. The fourth-order valence-electron chi connectivity index (χ4n) is 2.30. The third-order valence-corrected chi connectivity index (χ3v) is 3.30. The van der Waals surface area contributed by atoms with Crippen molar-refractivity contribution in [2.45, 2.75) is 46.5 Å². The molecule has 1 heterocycles. The quantitative estimate of drug-likeness (QED) is 0.701. The predicted molar refractivity (Wildman–Crippen MR) is 84.6 cm³/mol. The first kappa shape index (κ1) is 16.8. The van der Waals surface area contributed by atoms with Crippen LogP contribution in [0.3, 0.4) is 0 Å². The maximum atomic E-state index is 5.39. The minimum Gasteiger partial charge on any atom is -0.454 e. The van der Waals surface area contributed by atoms with Crippen LogP contribution in [0, 0.1) is 0 Å². The topological polar surface area (TPSA) is 21.7 Å². The van der Waals surface area contributed by atoms with Crippen molar-refractivity contribution in [2.24, 2.45) is 0 Å². The number of rotatable bonds is 7. The van der Waals surface area contributed by atoms with Gasteiger partial charge in [-0.2, -0.15) is 0 Å². The van der Waals surface area contributed by atoms with Crippen LogP contribution in [0.2, 0.25) is 0 Å². The van der Waals surface area contributed by atoms with Gasteiger partial charge in [-0.05, 0) is 63.5 Å². The van der Waals surface area contributed by atoms with Gasteiger partial charge >= 0.3 is 0 Å². The van der Waals surface area contributed by atoms with Gasteiger partial charge in [0.1, 0.15) is 0 Å². The number of hydrogen-bond donors (Lipinski definition) is 0. The molecule has 0 saturated carbocycles. The minimum atomic E-state index is 0.362. The van der Waals surface area contributed by atoms with Gasteiger partial charge in [0.15, 0.2) is 11.5 Å². The van der Waals surface area contributed by atoms with Crippen LogP contribution in [0.1, 0.15) is 45.6 Å². The predicted octanol–water partition coefficient (Wildman–Crippen LogP) is 4.11. The minimum absolute atomic E-state index is 0.362. The Kier molecular flexibility index (Phi) is 8.12. The van der Waals surface area contributed by atoms with Gasteiger partial charge in [-0.25, -0.2) is 0 Å². The molecule has 0 aromatic heterocycles. The fraction of sp³-hybridized carbons (Fsp3) is 0.647. The molecular weight excluding hydrogens is 250 g/mol. The van der Waals surface area contributed by atoms with E-state index in [-0.39, 0.29) is 0 Å². The first-order valence-corrected chi connectivity index (χ1v) is 7.86. The maximum absolute atomic E-state index is 5.39. The summed E-state index contributed by atoms with van der Waals surface area (Å²) in [6.45, 7) is 8.98. The van der Waals surface area contributed by atoms with Crippen LogP contribution in [-0.2, 0) is 6.42 Å². The highest BCUT2D eigenvalue weighted by Gasteiger charge is 2.12. The van der Waals surface area contributed by atoms with Crippen molar-refractivity contribution in [3.05, 3.63) is 23.8 Å². The SMILES string of the molecule is CC.CCCN(C)CCCCc1ccc2c(c1)OCO2. The Morgan fingerprint density at radius 2 is 1.80 bits per heavy atom. The number of ether oxygens (including phenoxy) is 2. The Balaban J connectivity index is 0.000000956. The van der Waals surface area contributed by atoms with E-state index < -0.39 is 0 Å². The lowest BCUT2D eigenvalue weighted by molar-refractivity contribution is 0.174. The Labute approximate surface area is 123 Å². The average Bonchev–Trinajstić information content (AvgIpc) is 2.93. The molecule has 114 valence electrons.